The Balaban J connectivity index is 1.62. The molecule has 2 heterocycles. The number of hydrogen-bond acceptors (Lipinski definition) is 3. The van der Waals surface area contributed by atoms with Gasteiger partial charge in [0.25, 0.3) is 0 Å². The van der Waals surface area contributed by atoms with Crippen molar-refractivity contribution in [3.63, 3.8) is 0 Å². The lowest BCUT2D eigenvalue weighted by atomic mass is 10.1. The molecule has 1 unspecified atom stereocenters. The largest absolute Gasteiger partial charge is 0.312 e. The van der Waals surface area contributed by atoms with E-state index in [2.05, 4.69) is 57.3 Å². The summed E-state index contributed by atoms with van der Waals surface area (Å²) in [6.45, 7) is 4.15. The monoisotopic (exact) mass is 256 g/mol. The predicted molar refractivity (Wildman–Crippen MR) is 74.9 cm³/mol. The molecule has 0 saturated heterocycles. The van der Waals surface area contributed by atoms with Crippen molar-refractivity contribution in [2.45, 2.75) is 38.8 Å². The van der Waals surface area contributed by atoms with Crippen molar-refractivity contribution in [3.05, 3.63) is 47.5 Å². The molecule has 0 bridgehead atoms. The standard InChI is InChI=1S/C15H20N4/c1-12-15-18-17-14(19(15)11-10-16-12)9-5-8-13-6-3-2-4-7-13/h2-4,6-7,12,16H,5,8-11H2,1H3. The van der Waals surface area contributed by atoms with Crippen LogP contribution in [0.15, 0.2) is 30.3 Å². The second-order valence-corrected chi connectivity index (χ2v) is 5.14. The first-order valence-corrected chi connectivity index (χ1v) is 7.04. The molecule has 0 spiro atoms. The van der Waals surface area contributed by atoms with E-state index in [0.717, 1.165) is 44.0 Å². The van der Waals surface area contributed by atoms with Crippen LogP contribution in [0, 0.1) is 0 Å². The highest BCUT2D eigenvalue weighted by molar-refractivity contribution is 5.14. The second kappa shape index (κ2) is 5.53. The molecule has 0 aliphatic carbocycles. The van der Waals surface area contributed by atoms with Crippen LogP contribution >= 0.6 is 0 Å². The molecule has 1 atom stereocenters. The summed E-state index contributed by atoms with van der Waals surface area (Å²) in [5.41, 5.74) is 1.40. The highest BCUT2D eigenvalue weighted by atomic mass is 15.3. The Hall–Kier alpha value is -1.68. The van der Waals surface area contributed by atoms with E-state index in [1.165, 1.54) is 5.56 Å². The molecule has 2 aromatic rings. The zero-order chi connectivity index (χ0) is 13.1. The molecule has 4 nitrogen and oxygen atoms in total. The zero-order valence-electron chi connectivity index (χ0n) is 11.3. The molecule has 0 fully saturated rings. The first-order valence-electron chi connectivity index (χ1n) is 7.04. The summed E-state index contributed by atoms with van der Waals surface area (Å²) in [5.74, 6) is 2.22. The van der Waals surface area contributed by atoms with Gasteiger partial charge in [0, 0.05) is 19.5 Å². The number of aryl methyl sites for hydroxylation is 2. The number of fused-ring (bicyclic) bond motifs is 1. The minimum absolute atomic E-state index is 0.323. The minimum Gasteiger partial charge on any atom is -0.312 e. The summed E-state index contributed by atoms with van der Waals surface area (Å²) < 4.78 is 2.28. The number of aromatic nitrogens is 3. The van der Waals surface area contributed by atoms with Crippen molar-refractivity contribution >= 4 is 0 Å². The highest BCUT2D eigenvalue weighted by Crippen LogP contribution is 2.16. The molecule has 0 amide bonds. The Kier molecular flexibility index (Phi) is 3.60. The molecule has 1 aromatic heterocycles. The van der Waals surface area contributed by atoms with E-state index < -0.39 is 0 Å². The maximum atomic E-state index is 4.35. The van der Waals surface area contributed by atoms with Crippen molar-refractivity contribution in [2.24, 2.45) is 0 Å². The molecule has 1 aliphatic rings. The van der Waals surface area contributed by atoms with Crippen molar-refractivity contribution in [2.75, 3.05) is 6.54 Å². The smallest absolute Gasteiger partial charge is 0.149 e. The molecule has 19 heavy (non-hydrogen) atoms. The average molecular weight is 256 g/mol. The summed E-state index contributed by atoms with van der Waals surface area (Å²) in [4.78, 5) is 0. The van der Waals surface area contributed by atoms with Gasteiger partial charge in [-0.3, -0.25) is 0 Å². The third-order valence-electron chi connectivity index (χ3n) is 3.74. The molecule has 0 saturated carbocycles. The fraction of sp³-hybridized carbons (Fsp3) is 0.467. The Labute approximate surface area is 113 Å². The molecule has 4 heteroatoms. The van der Waals surface area contributed by atoms with E-state index in [0.29, 0.717) is 6.04 Å². The highest BCUT2D eigenvalue weighted by Gasteiger charge is 2.20. The van der Waals surface area contributed by atoms with Gasteiger partial charge in [0.05, 0.1) is 6.04 Å². The van der Waals surface area contributed by atoms with Gasteiger partial charge in [-0.25, -0.2) is 0 Å². The maximum Gasteiger partial charge on any atom is 0.149 e. The Bertz CT molecular complexity index is 532. The van der Waals surface area contributed by atoms with Crippen molar-refractivity contribution < 1.29 is 0 Å². The van der Waals surface area contributed by atoms with E-state index in [1.54, 1.807) is 0 Å². The van der Waals surface area contributed by atoms with Gasteiger partial charge in [-0.05, 0) is 25.3 Å². The Morgan fingerprint density at radius 2 is 2.05 bits per heavy atom. The molecule has 3 rings (SSSR count). The lowest BCUT2D eigenvalue weighted by molar-refractivity contribution is 0.428. The van der Waals surface area contributed by atoms with Crippen molar-refractivity contribution in [1.29, 1.82) is 0 Å². The van der Waals surface area contributed by atoms with Crippen LogP contribution in [0.1, 0.15) is 36.6 Å². The minimum atomic E-state index is 0.323. The van der Waals surface area contributed by atoms with E-state index in [1.807, 2.05) is 0 Å². The summed E-state index contributed by atoms with van der Waals surface area (Å²) in [7, 11) is 0. The van der Waals surface area contributed by atoms with Gasteiger partial charge in [0.15, 0.2) is 0 Å². The molecule has 1 aliphatic heterocycles. The Morgan fingerprint density at radius 1 is 1.21 bits per heavy atom. The van der Waals surface area contributed by atoms with Crippen molar-refractivity contribution in [1.82, 2.24) is 20.1 Å². The van der Waals surface area contributed by atoms with E-state index in [9.17, 15) is 0 Å². The third-order valence-corrected chi connectivity index (χ3v) is 3.74. The lowest BCUT2D eigenvalue weighted by Crippen LogP contribution is -2.32. The summed E-state index contributed by atoms with van der Waals surface area (Å²) >= 11 is 0. The van der Waals surface area contributed by atoms with Crippen LogP contribution in [-0.2, 0) is 19.4 Å². The van der Waals surface area contributed by atoms with Gasteiger partial charge >= 0.3 is 0 Å². The van der Waals surface area contributed by atoms with Crippen LogP contribution in [0.3, 0.4) is 0 Å². The fourth-order valence-corrected chi connectivity index (χ4v) is 2.68. The predicted octanol–water partition coefficient (Wildman–Crippen LogP) is 2.12. The third kappa shape index (κ3) is 2.68. The number of nitrogens with one attached hydrogen (secondary N) is 1. The van der Waals surface area contributed by atoms with E-state index >= 15 is 0 Å². The van der Waals surface area contributed by atoms with Crippen LogP contribution in [0.2, 0.25) is 0 Å². The van der Waals surface area contributed by atoms with Crippen LogP contribution in [0.4, 0.5) is 0 Å². The Morgan fingerprint density at radius 3 is 2.89 bits per heavy atom. The number of benzene rings is 1. The lowest BCUT2D eigenvalue weighted by Gasteiger charge is -2.21. The van der Waals surface area contributed by atoms with E-state index in [-0.39, 0.29) is 0 Å². The van der Waals surface area contributed by atoms with Gasteiger partial charge in [-0.2, -0.15) is 0 Å². The van der Waals surface area contributed by atoms with Gasteiger partial charge < -0.3 is 9.88 Å². The van der Waals surface area contributed by atoms with E-state index in [4.69, 9.17) is 0 Å². The normalized spacial score (nSPS) is 18.3. The first kappa shape index (κ1) is 12.4. The maximum absolute atomic E-state index is 4.35. The number of nitrogens with zero attached hydrogens (tertiary/aromatic N) is 3. The molecular formula is C15H20N4. The van der Waals surface area contributed by atoms with Gasteiger partial charge in [-0.1, -0.05) is 30.3 Å². The summed E-state index contributed by atoms with van der Waals surface area (Å²) in [6.07, 6.45) is 3.25. The molecule has 0 radical (unpaired) electrons. The summed E-state index contributed by atoms with van der Waals surface area (Å²) in [5, 5.41) is 12.1. The number of rotatable bonds is 4. The fourth-order valence-electron chi connectivity index (χ4n) is 2.68. The van der Waals surface area contributed by atoms with Crippen LogP contribution in [-0.4, -0.2) is 21.3 Å². The second-order valence-electron chi connectivity index (χ2n) is 5.14. The molecule has 1 N–H and O–H groups in total. The van der Waals surface area contributed by atoms with Gasteiger partial charge in [0.2, 0.25) is 0 Å². The topological polar surface area (TPSA) is 42.7 Å². The van der Waals surface area contributed by atoms with Crippen molar-refractivity contribution in [3.8, 4) is 0 Å². The van der Waals surface area contributed by atoms with Gasteiger partial charge in [0.1, 0.15) is 11.6 Å². The molecule has 100 valence electrons. The zero-order valence-corrected chi connectivity index (χ0v) is 11.3. The van der Waals surface area contributed by atoms with Gasteiger partial charge in [-0.15, -0.1) is 10.2 Å². The first-order chi connectivity index (χ1) is 9.34. The van der Waals surface area contributed by atoms with Crippen LogP contribution in [0.5, 0.6) is 0 Å². The quantitative estimate of drug-likeness (QED) is 0.911. The molecular weight excluding hydrogens is 236 g/mol. The SMILES string of the molecule is CC1NCCn2c(CCCc3ccccc3)nnc21. The summed E-state index contributed by atoms with van der Waals surface area (Å²) in [6, 6.07) is 11.0. The average Bonchev–Trinajstić information content (AvgIpc) is 2.85. The van der Waals surface area contributed by atoms with Crippen LogP contribution < -0.4 is 5.32 Å². The number of hydrogen-bond donors (Lipinski definition) is 1. The molecule has 1 aromatic carbocycles. The van der Waals surface area contributed by atoms with Crippen LogP contribution in [0.25, 0.3) is 0 Å².